The summed E-state index contributed by atoms with van der Waals surface area (Å²) in [5.41, 5.74) is 1.53. The maximum atomic E-state index is 13.5. The van der Waals surface area contributed by atoms with Crippen LogP contribution in [0.5, 0.6) is 5.75 Å². The zero-order chi connectivity index (χ0) is 31.7. The highest BCUT2D eigenvalue weighted by Gasteiger charge is 2.26. The fraction of sp³-hybridized carbons (Fsp3) is 0.500. The Hall–Kier alpha value is -3.92. The number of hydrogen-bond acceptors (Lipinski definition) is 6. The predicted octanol–water partition coefficient (Wildman–Crippen LogP) is 4.33. The van der Waals surface area contributed by atoms with Crippen LogP contribution in [0.4, 0.5) is 0 Å². The topological polar surface area (TPSA) is 136 Å². The molecule has 2 aromatic rings. The Morgan fingerprint density at radius 1 is 0.786 bits per heavy atom. The number of aliphatic carboxylic acids is 2. The van der Waals surface area contributed by atoms with E-state index in [-0.39, 0.29) is 11.8 Å². The summed E-state index contributed by atoms with van der Waals surface area (Å²) >= 11 is 0. The standard InChI is InChI=1S/C30H45N3O3.C2H2O4/c1-7-18-32(19-8-2)30(35)28(31-29(34)26-12-10-9-11-13-26)22-25-14-16-27(17-15-25)36-21-20-33(23(3)4)24(5)6;3-1(4)2(5)6/h9-17,23-24,28H,7-8,18-22H2,1-6H3,(H,31,34);(H,3,4)(H,5,6). The molecule has 0 radical (unpaired) electrons. The summed E-state index contributed by atoms with van der Waals surface area (Å²) in [6, 6.07) is 17.2. The second-order valence-electron chi connectivity index (χ2n) is 10.4. The van der Waals surface area contributed by atoms with Crippen molar-refractivity contribution in [3.05, 3.63) is 65.7 Å². The molecule has 3 N–H and O–H groups in total. The highest BCUT2D eigenvalue weighted by molar-refractivity contribution is 6.27. The first kappa shape index (κ1) is 36.1. The van der Waals surface area contributed by atoms with Gasteiger partial charge in [-0.05, 0) is 70.4 Å². The maximum absolute atomic E-state index is 13.5. The summed E-state index contributed by atoms with van der Waals surface area (Å²) in [6.45, 7) is 15.8. The predicted molar refractivity (Wildman–Crippen MR) is 163 cm³/mol. The Bertz CT molecular complexity index is 1080. The van der Waals surface area contributed by atoms with Gasteiger partial charge in [-0.2, -0.15) is 0 Å². The molecule has 10 nitrogen and oxygen atoms in total. The number of carboxylic acids is 2. The Balaban J connectivity index is 0.00000132. The summed E-state index contributed by atoms with van der Waals surface area (Å²) < 4.78 is 5.98. The first-order valence-electron chi connectivity index (χ1n) is 14.5. The summed E-state index contributed by atoms with van der Waals surface area (Å²) in [7, 11) is 0. The first-order chi connectivity index (χ1) is 19.9. The Labute approximate surface area is 249 Å². The number of hydrogen-bond donors (Lipinski definition) is 3. The second-order valence-corrected chi connectivity index (χ2v) is 10.4. The van der Waals surface area contributed by atoms with E-state index in [0.717, 1.165) is 30.7 Å². The van der Waals surface area contributed by atoms with Gasteiger partial charge in [-0.25, -0.2) is 9.59 Å². The van der Waals surface area contributed by atoms with E-state index < -0.39 is 18.0 Å². The van der Waals surface area contributed by atoms with E-state index in [4.69, 9.17) is 24.5 Å². The SMILES string of the molecule is CCCN(CCC)C(=O)C(Cc1ccc(OCCN(C(C)C)C(C)C)cc1)NC(=O)c1ccccc1.O=C(O)C(=O)O. The number of rotatable bonds is 15. The zero-order valence-electron chi connectivity index (χ0n) is 25.7. The van der Waals surface area contributed by atoms with Gasteiger partial charge in [0, 0.05) is 43.7 Å². The summed E-state index contributed by atoms with van der Waals surface area (Å²) in [5.74, 6) is -3.11. The van der Waals surface area contributed by atoms with E-state index in [2.05, 4.69) is 51.8 Å². The molecular formula is C32H47N3O7. The Morgan fingerprint density at radius 3 is 1.76 bits per heavy atom. The van der Waals surface area contributed by atoms with E-state index in [1.165, 1.54) is 0 Å². The molecular weight excluding hydrogens is 538 g/mol. The molecule has 1 unspecified atom stereocenters. The fourth-order valence-corrected chi connectivity index (χ4v) is 4.46. The molecule has 0 aliphatic carbocycles. The lowest BCUT2D eigenvalue weighted by molar-refractivity contribution is -0.159. The Morgan fingerprint density at radius 2 is 1.31 bits per heavy atom. The van der Waals surface area contributed by atoms with Crippen LogP contribution in [0, 0.1) is 0 Å². The van der Waals surface area contributed by atoms with Crippen LogP contribution in [0.2, 0.25) is 0 Å². The van der Waals surface area contributed by atoms with Crippen LogP contribution >= 0.6 is 0 Å². The molecule has 0 fully saturated rings. The van der Waals surface area contributed by atoms with Gasteiger partial charge in [0.05, 0.1) is 0 Å². The third kappa shape index (κ3) is 13.2. The molecule has 0 bridgehead atoms. The molecule has 232 valence electrons. The van der Waals surface area contributed by atoms with Crippen molar-refractivity contribution in [2.75, 3.05) is 26.2 Å². The van der Waals surface area contributed by atoms with E-state index in [1.807, 2.05) is 47.4 Å². The van der Waals surface area contributed by atoms with Crippen molar-refractivity contribution in [1.29, 1.82) is 0 Å². The number of benzene rings is 2. The molecule has 10 heteroatoms. The molecule has 2 aromatic carbocycles. The molecule has 0 aliphatic rings. The number of carbonyl (C=O) groups is 4. The van der Waals surface area contributed by atoms with Gasteiger partial charge in [-0.15, -0.1) is 0 Å². The molecule has 0 saturated carbocycles. The van der Waals surface area contributed by atoms with Crippen molar-refractivity contribution >= 4 is 23.8 Å². The van der Waals surface area contributed by atoms with Crippen LogP contribution in [-0.4, -0.2) is 88.1 Å². The van der Waals surface area contributed by atoms with E-state index in [0.29, 0.717) is 43.8 Å². The van der Waals surface area contributed by atoms with Crippen LogP contribution in [0.3, 0.4) is 0 Å². The third-order valence-corrected chi connectivity index (χ3v) is 6.43. The number of carboxylic acid groups (broad SMARTS) is 2. The largest absolute Gasteiger partial charge is 0.492 e. The van der Waals surface area contributed by atoms with Crippen LogP contribution in [0.25, 0.3) is 0 Å². The smallest absolute Gasteiger partial charge is 0.414 e. The monoisotopic (exact) mass is 585 g/mol. The molecule has 0 saturated heterocycles. The van der Waals surface area contributed by atoms with Gasteiger partial charge in [-0.3, -0.25) is 14.5 Å². The molecule has 42 heavy (non-hydrogen) atoms. The van der Waals surface area contributed by atoms with Gasteiger partial charge in [0.15, 0.2) is 0 Å². The minimum atomic E-state index is -1.82. The van der Waals surface area contributed by atoms with Crippen LogP contribution < -0.4 is 10.1 Å². The lowest BCUT2D eigenvalue weighted by Gasteiger charge is -2.30. The third-order valence-electron chi connectivity index (χ3n) is 6.43. The van der Waals surface area contributed by atoms with Crippen molar-refractivity contribution < 1.29 is 34.1 Å². The van der Waals surface area contributed by atoms with Gasteiger partial charge in [0.1, 0.15) is 18.4 Å². The van der Waals surface area contributed by atoms with Gasteiger partial charge >= 0.3 is 11.9 Å². The molecule has 0 aliphatic heterocycles. The zero-order valence-corrected chi connectivity index (χ0v) is 25.7. The minimum Gasteiger partial charge on any atom is -0.492 e. The molecule has 2 rings (SSSR count). The second kappa shape index (κ2) is 19.2. The molecule has 0 spiro atoms. The average molecular weight is 586 g/mol. The lowest BCUT2D eigenvalue weighted by atomic mass is 10.0. The normalized spacial score (nSPS) is 11.5. The van der Waals surface area contributed by atoms with Gasteiger partial charge in [0.25, 0.3) is 5.91 Å². The molecule has 1 atom stereocenters. The van der Waals surface area contributed by atoms with Crippen LogP contribution in [0.15, 0.2) is 54.6 Å². The first-order valence-corrected chi connectivity index (χ1v) is 14.5. The number of amides is 2. The molecule has 0 heterocycles. The highest BCUT2D eigenvalue weighted by Crippen LogP contribution is 2.16. The summed E-state index contributed by atoms with van der Waals surface area (Å²) in [6.07, 6.45) is 2.18. The fourth-order valence-electron chi connectivity index (χ4n) is 4.46. The highest BCUT2D eigenvalue weighted by atomic mass is 16.5. The summed E-state index contributed by atoms with van der Waals surface area (Å²) in [4.78, 5) is 48.8. The molecule has 2 amide bonds. The maximum Gasteiger partial charge on any atom is 0.414 e. The van der Waals surface area contributed by atoms with Gasteiger partial charge in [-0.1, -0.05) is 44.2 Å². The van der Waals surface area contributed by atoms with Crippen molar-refractivity contribution in [2.24, 2.45) is 0 Å². The average Bonchev–Trinajstić information content (AvgIpc) is 2.95. The number of nitrogens with one attached hydrogen (secondary N) is 1. The summed E-state index contributed by atoms with van der Waals surface area (Å²) in [5, 5.41) is 17.8. The van der Waals surface area contributed by atoms with E-state index in [1.54, 1.807) is 12.1 Å². The van der Waals surface area contributed by atoms with Crippen molar-refractivity contribution in [1.82, 2.24) is 15.1 Å². The lowest BCUT2D eigenvalue weighted by Crippen LogP contribution is -2.50. The number of carbonyl (C=O) groups excluding carboxylic acids is 2. The van der Waals surface area contributed by atoms with E-state index in [9.17, 15) is 9.59 Å². The number of nitrogens with zero attached hydrogens (tertiary/aromatic N) is 2. The molecule has 0 aromatic heterocycles. The number of ether oxygens (including phenoxy) is 1. The minimum absolute atomic E-state index is 0.0363. The van der Waals surface area contributed by atoms with E-state index >= 15 is 0 Å². The van der Waals surface area contributed by atoms with Crippen molar-refractivity contribution in [3.63, 3.8) is 0 Å². The quantitative estimate of drug-likeness (QED) is 0.263. The van der Waals surface area contributed by atoms with Crippen LogP contribution in [0.1, 0.15) is 70.3 Å². The van der Waals surface area contributed by atoms with Crippen molar-refractivity contribution in [3.8, 4) is 5.75 Å². The van der Waals surface area contributed by atoms with Gasteiger partial charge < -0.3 is 25.2 Å². The Kier molecular flexibility index (Phi) is 16.5. The van der Waals surface area contributed by atoms with Crippen LogP contribution in [-0.2, 0) is 20.8 Å². The van der Waals surface area contributed by atoms with Gasteiger partial charge in [0.2, 0.25) is 5.91 Å². The van der Waals surface area contributed by atoms with Crippen molar-refractivity contribution in [2.45, 2.75) is 78.9 Å².